The summed E-state index contributed by atoms with van der Waals surface area (Å²) in [5.41, 5.74) is 6.45. The van der Waals surface area contributed by atoms with Crippen molar-refractivity contribution in [3.8, 4) is 11.5 Å². The lowest BCUT2D eigenvalue weighted by Gasteiger charge is -2.13. The summed E-state index contributed by atoms with van der Waals surface area (Å²) in [5.74, 6) is 0.956. The molecule has 0 heterocycles. The molecule has 0 unspecified atom stereocenters. The molecule has 2 aromatic rings. The third-order valence-corrected chi connectivity index (χ3v) is 3.22. The van der Waals surface area contributed by atoms with Crippen LogP contribution in [0.3, 0.4) is 0 Å². The van der Waals surface area contributed by atoms with Crippen LogP contribution in [0.5, 0.6) is 11.5 Å². The first kappa shape index (κ1) is 13.5. The van der Waals surface area contributed by atoms with Gasteiger partial charge < -0.3 is 10.5 Å². The molecule has 0 saturated carbocycles. The molecule has 0 aromatic heterocycles. The standard InChI is InChI=1S/C13H10Cl3NO/c14-9-4-5-10(15)12(6-9)18-13-8(7-17)2-1-3-11(13)16/h1-6H,7,17H2. The van der Waals surface area contributed by atoms with E-state index in [1.807, 2.05) is 12.1 Å². The van der Waals surface area contributed by atoms with Crippen molar-refractivity contribution < 1.29 is 4.74 Å². The van der Waals surface area contributed by atoms with E-state index in [2.05, 4.69) is 0 Å². The summed E-state index contributed by atoms with van der Waals surface area (Å²) in [5, 5.41) is 1.48. The molecule has 94 valence electrons. The maximum absolute atomic E-state index is 6.09. The highest BCUT2D eigenvalue weighted by molar-refractivity contribution is 6.34. The molecule has 18 heavy (non-hydrogen) atoms. The van der Waals surface area contributed by atoms with Crippen LogP contribution in [-0.2, 0) is 6.54 Å². The van der Waals surface area contributed by atoms with Gasteiger partial charge in [-0.25, -0.2) is 0 Å². The Labute approximate surface area is 120 Å². The summed E-state index contributed by atoms with van der Waals surface area (Å²) in [7, 11) is 0. The number of hydrogen-bond acceptors (Lipinski definition) is 2. The van der Waals surface area contributed by atoms with Crippen molar-refractivity contribution in [3.63, 3.8) is 0 Å². The lowest BCUT2D eigenvalue weighted by atomic mass is 10.2. The summed E-state index contributed by atoms with van der Waals surface area (Å²) in [4.78, 5) is 0. The van der Waals surface area contributed by atoms with Gasteiger partial charge in [0.15, 0.2) is 5.75 Å². The van der Waals surface area contributed by atoms with E-state index in [1.54, 1.807) is 24.3 Å². The first-order chi connectivity index (χ1) is 8.61. The summed E-state index contributed by atoms with van der Waals surface area (Å²) in [6.45, 7) is 0.327. The minimum absolute atomic E-state index is 0.327. The van der Waals surface area contributed by atoms with Gasteiger partial charge in [-0.2, -0.15) is 0 Å². The topological polar surface area (TPSA) is 35.2 Å². The molecule has 0 bridgehead atoms. The highest BCUT2D eigenvalue weighted by Crippen LogP contribution is 2.37. The van der Waals surface area contributed by atoms with Crippen molar-refractivity contribution in [3.05, 3.63) is 57.0 Å². The Kier molecular flexibility index (Phi) is 4.36. The molecule has 0 aliphatic carbocycles. The van der Waals surface area contributed by atoms with Gasteiger partial charge in [-0.3, -0.25) is 0 Å². The van der Waals surface area contributed by atoms with Gasteiger partial charge in [0, 0.05) is 23.2 Å². The molecule has 2 rings (SSSR count). The maximum atomic E-state index is 6.09. The van der Waals surface area contributed by atoms with Gasteiger partial charge in [-0.15, -0.1) is 0 Å². The van der Waals surface area contributed by atoms with Crippen molar-refractivity contribution in [2.75, 3.05) is 0 Å². The van der Waals surface area contributed by atoms with E-state index in [9.17, 15) is 0 Å². The lowest BCUT2D eigenvalue weighted by Crippen LogP contribution is -2.00. The number of ether oxygens (including phenoxy) is 1. The van der Waals surface area contributed by atoms with Gasteiger partial charge >= 0.3 is 0 Å². The minimum Gasteiger partial charge on any atom is -0.454 e. The number of para-hydroxylation sites is 1. The predicted octanol–water partition coefficient (Wildman–Crippen LogP) is 4.90. The average Bonchev–Trinajstić information content (AvgIpc) is 2.36. The number of halogens is 3. The van der Waals surface area contributed by atoms with Gasteiger partial charge in [-0.05, 0) is 18.2 Å². The minimum atomic E-state index is 0.327. The fraction of sp³-hybridized carbons (Fsp3) is 0.0769. The molecular weight excluding hydrogens is 293 g/mol. The average molecular weight is 303 g/mol. The Morgan fingerprint density at radius 1 is 1.00 bits per heavy atom. The molecule has 2 nitrogen and oxygen atoms in total. The summed E-state index contributed by atoms with van der Waals surface area (Å²) in [6, 6.07) is 10.4. The second-order valence-corrected chi connectivity index (χ2v) is 4.86. The van der Waals surface area contributed by atoms with Crippen molar-refractivity contribution in [1.82, 2.24) is 0 Å². The van der Waals surface area contributed by atoms with Crippen molar-refractivity contribution in [2.24, 2.45) is 5.73 Å². The molecule has 0 atom stereocenters. The normalized spacial score (nSPS) is 10.4. The van der Waals surface area contributed by atoms with Crippen LogP contribution in [0.15, 0.2) is 36.4 Å². The van der Waals surface area contributed by atoms with E-state index in [0.29, 0.717) is 33.1 Å². The largest absolute Gasteiger partial charge is 0.454 e. The van der Waals surface area contributed by atoms with E-state index in [4.69, 9.17) is 45.3 Å². The lowest BCUT2D eigenvalue weighted by molar-refractivity contribution is 0.477. The fourth-order valence-corrected chi connectivity index (χ4v) is 2.04. The summed E-state index contributed by atoms with van der Waals surface area (Å²) in [6.07, 6.45) is 0. The zero-order valence-corrected chi connectivity index (χ0v) is 11.6. The molecule has 2 N–H and O–H groups in total. The molecule has 0 aliphatic rings. The second-order valence-electron chi connectivity index (χ2n) is 3.61. The highest BCUT2D eigenvalue weighted by Gasteiger charge is 2.11. The third kappa shape index (κ3) is 2.90. The molecule has 0 saturated heterocycles. The zero-order valence-electron chi connectivity index (χ0n) is 9.29. The van der Waals surface area contributed by atoms with Gasteiger partial charge in [0.25, 0.3) is 0 Å². The highest BCUT2D eigenvalue weighted by atomic mass is 35.5. The molecule has 5 heteroatoms. The number of hydrogen-bond donors (Lipinski definition) is 1. The Morgan fingerprint density at radius 2 is 1.78 bits per heavy atom. The first-order valence-electron chi connectivity index (χ1n) is 5.22. The van der Waals surface area contributed by atoms with Crippen LogP contribution < -0.4 is 10.5 Å². The molecule has 0 spiro atoms. The van der Waals surface area contributed by atoms with Crippen molar-refractivity contribution >= 4 is 34.8 Å². The Bertz CT molecular complexity index is 572. The van der Waals surface area contributed by atoms with Crippen molar-refractivity contribution in [1.29, 1.82) is 0 Å². The molecule has 0 aliphatic heterocycles. The molecule has 0 radical (unpaired) electrons. The van der Waals surface area contributed by atoms with Crippen LogP contribution in [0.4, 0.5) is 0 Å². The summed E-state index contributed by atoms with van der Waals surface area (Å²) < 4.78 is 5.71. The molecule has 0 fully saturated rings. The zero-order chi connectivity index (χ0) is 13.1. The van der Waals surface area contributed by atoms with E-state index in [1.165, 1.54) is 0 Å². The Morgan fingerprint density at radius 3 is 2.50 bits per heavy atom. The monoisotopic (exact) mass is 301 g/mol. The number of benzene rings is 2. The molecule has 0 amide bonds. The maximum Gasteiger partial charge on any atom is 0.150 e. The summed E-state index contributed by atoms with van der Waals surface area (Å²) >= 11 is 18.0. The van der Waals surface area contributed by atoms with Crippen LogP contribution in [0.2, 0.25) is 15.1 Å². The SMILES string of the molecule is NCc1cccc(Cl)c1Oc1cc(Cl)ccc1Cl. The van der Waals surface area contributed by atoms with Crippen LogP contribution in [-0.4, -0.2) is 0 Å². The van der Waals surface area contributed by atoms with Crippen LogP contribution in [0.25, 0.3) is 0 Å². The van der Waals surface area contributed by atoms with Gasteiger partial charge in [0.05, 0.1) is 10.0 Å². The third-order valence-electron chi connectivity index (χ3n) is 2.37. The number of rotatable bonds is 3. The quantitative estimate of drug-likeness (QED) is 0.875. The molecule has 2 aromatic carbocycles. The van der Waals surface area contributed by atoms with E-state index in [0.717, 1.165) is 5.56 Å². The van der Waals surface area contributed by atoms with Crippen LogP contribution in [0, 0.1) is 0 Å². The van der Waals surface area contributed by atoms with E-state index >= 15 is 0 Å². The van der Waals surface area contributed by atoms with Gasteiger partial charge in [-0.1, -0.05) is 46.9 Å². The molecular formula is C13H10Cl3NO. The van der Waals surface area contributed by atoms with Gasteiger partial charge in [0.1, 0.15) is 5.75 Å². The van der Waals surface area contributed by atoms with Crippen LogP contribution >= 0.6 is 34.8 Å². The van der Waals surface area contributed by atoms with E-state index < -0.39 is 0 Å². The van der Waals surface area contributed by atoms with Crippen molar-refractivity contribution in [2.45, 2.75) is 6.54 Å². The fourth-order valence-electron chi connectivity index (χ4n) is 1.49. The van der Waals surface area contributed by atoms with E-state index in [-0.39, 0.29) is 0 Å². The van der Waals surface area contributed by atoms with Gasteiger partial charge in [0.2, 0.25) is 0 Å². The smallest absolute Gasteiger partial charge is 0.150 e. The number of nitrogens with two attached hydrogens (primary N) is 1. The Balaban J connectivity index is 2.42. The van der Waals surface area contributed by atoms with Crippen LogP contribution in [0.1, 0.15) is 5.56 Å². The first-order valence-corrected chi connectivity index (χ1v) is 6.35. The predicted molar refractivity (Wildman–Crippen MR) is 75.9 cm³/mol. The Hall–Kier alpha value is -0.930. The second kappa shape index (κ2) is 5.81.